The third kappa shape index (κ3) is 2.95. The maximum Gasteiger partial charge on any atom is 0.229 e. The van der Waals surface area contributed by atoms with Crippen molar-refractivity contribution in [3.8, 4) is 0 Å². The van der Waals surface area contributed by atoms with Crippen LogP contribution in [0.5, 0.6) is 0 Å². The Morgan fingerprint density at radius 2 is 2.11 bits per heavy atom. The maximum absolute atomic E-state index is 5.94. The lowest BCUT2D eigenvalue weighted by Gasteiger charge is -2.29. The van der Waals surface area contributed by atoms with E-state index in [-0.39, 0.29) is 0 Å². The number of nitrogens with zero attached hydrogens (tertiary/aromatic N) is 3. The molecule has 0 amide bonds. The Labute approximate surface area is 118 Å². The molecule has 1 unspecified atom stereocenters. The van der Waals surface area contributed by atoms with Crippen LogP contribution in [-0.2, 0) is 0 Å². The van der Waals surface area contributed by atoms with Crippen LogP contribution in [0.15, 0.2) is 4.52 Å². The summed E-state index contributed by atoms with van der Waals surface area (Å²) in [6, 6.07) is 0.668. The van der Waals surface area contributed by atoms with Crippen LogP contribution in [0.25, 0.3) is 0 Å². The second-order valence-electron chi connectivity index (χ2n) is 5.67. The minimum absolute atomic E-state index is 0.307. The molecule has 2 fully saturated rings. The topological polar surface area (TPSA) is 68.2 Å². The summed E-state index contributed by atoms with van der Waals surface area (Å²) in [5, 5.41) is 4.21. The Morgan fingerprint density at radius 3 is 2.84 bits per heavy atom. The first-order valence-corrected chi connectivity index (χ1v) is 8.26. The Morgan fingerprint density at radius 1 is 1.32 bits per heavy atom. The maximum atomic E-state index is 5.94. The highest BCUT2D eigenvalue weighted by molar-refractivity contribution is 7.99. The first-order valence-electron chi connectivity index (χ1n) is 7.11. The molecule has 5 nitrogen and oxygen atoms in total. The van der Waals surface area contributed by atoms with Crippen molar-refractivity contribution >= 4 is 11.8 Å². The normalized spacial score (nSPS) is 33.5. The molecule has 0 aromatic carbocycles. The third-order valence-electron chi connectivity index (χ3n) is 4.27. The second kappa shape index (κ2) is 5.81. The van der Waals surface area contributed by atoms with E-state index in [1.165, 1.54) is 5.75 Å². The van der Waals surface area contributed by atoms with Crippen molar-refractivity contribution in [2.75, 3.05) is 25.1 Å². The monoisotopic (exact) mass is 282 g/mol. The molecular weight excluding hydrogens is 260 g/mol. The van der Waals surface area contributed by atoms with Crippen LogP contribution >= 0.6 is 11.8 Å². The molecule has 106 valence electrons. The van der Waals surface area contributed by atoms with Gasteiger partial charge in [-0.1, -0.05) is 5.16 Å². The van der Waals surface area contributed by atoms with E-state index >= 15 is 0 Å². The molecule has 0 radical (unpaired) electrons. The zero-order valence-corrected chi connectivity index (χ0v) is 12.2. The fourth-order valence-electron chi connectivity index (χ4n) is 2.87. The average molecular weight is 282 g/mol. The molecule has 1 saturated heterocycles. The minimum Gasteiger partial charge on any atom is -0.339 e. The fraction of sp³-hybridized carbons (Fsp3) is 0.846. The molecule has 3 rings (SSSR count). The van der Waals surface area contributed by atoms with Crippen LogP contribution in [0.3, 0.4) is 0 Å². The lowest BCUT2D eigenvalue weighted by atomic mass is 9.86. The van der Waals surface area contributed by atoms with Gasteiger partial charge in [0.1, 0.15) is 0 Å². The summed E-state index contributed by atoms with van der Waals surface area (Å²) < 4.78 is 5.50. The minimum atomic E-state index is 0.307. The van der Waals surface area contributed by atoms with Gasteiger partial charge in [-0.15, -0.1) is 0 Å². The van der Waals surface area contributed by atoms with E-state index in [1.54, 1.807) is 0 Å². The molecule has 6 heteroatoms. The van der Waals surface area contributed by atoms with Gasteiger partial charge in [-0.2, -0.15) is 16.7 Å². The lowest BCUT2D eigenvalue weighted by Crippen LogP contribution is -2.33. The molecule has 1 saturated carbocycles. The highest BCUT2D eigenvalue weighted by atomic mass is 32.2. The second-order valence-corrected chi connectivity index (χ2v) is 6.82. The molecule has 2 N–H and O–H groups in total. The molecule has 1 atom stereocenters. The van der Waals surface area contributed by atoms with Crippen molar-refractivity contribution in [2.24, 2.45) is 5.73 Å². The van der Waals surface area contributed by atoms with Crippen molar-refractivity contribution < 1.29 is 4.52 Å². The predicted molar refractivity (Wildman–Crippen MR) is 76.2 cm³/mol. The molecule has 2 heterocycles. The highest BCUT2D eigenvalue weighted by Crippen LogP contribution is 2.33. The summed E-state index contributed by atoms with van der Waals surface area (Å²) in [7, 11) is 2.14. The number of nitrogens with two attached hydrogens (primary N) is 1. The molecular formula is C13H22N4OS. The largest absolute Gasteiger partial charge is 0.339 e. The average Bonchev–Trinajstić information content (AvgIpc) is 2.89. The SMILES string of the molecule is CN1CCSCC1c1noc(C2CCC(N)CC2)n1. The number of thioether (sulfide) groups is 1. The zero-order chi connectivity index (χ0) is 13.2. The lowest BCUT2D eigenvalue weighted by molar-refractivity contribution is 0.254. The van der Waals surface area contributed by atoms with E-state index in [1.807, 2.05) is 11.8 Å². The molecule has 19 heavy (non-hydrogen) atoms. The van der Waals surface area contributed by atoms with Crippen molar-refractivity contribution in [3.05, 3.63) is 11.7 Å². The van der Waals surface area contributed by atoms with Gasteiger partial charge in [0.05, 0.1) is 6.04 Å². The molecule has 0 bridgehead atoms. The first-order chi connectivity index (χ1) is 9.24. The molecule has 1 aliphatic heterocycles. The van der Waals surface area contributed by atoms with Gasteiger partial charge in [-0.05, 0) is 32.7 Å². The summed E-state index contributed by atoms with van der Waals surface area (Å²) >= 11 is 1.97. The standard InChI is InChI=1S/C13H22N4OS/c1-17-6-7-19-8-11(17)12-15-13(18-16-12)9-2-4-10(14)5-3-9/h9-11H,2-8,14H2,1H3. The number of aromatic nitrogens is 2. The van der Waals surface area contributed by atoms with Crippen molar-refractivity contribution in [1.82, 2.24) is 15.0 Å². The van der Waals surface area contributed by atoms with Gasteiger partial charge in [0.15, 0.2) is 5.82 Å². The van der Waals surface area contributed by atoms with E-state index in [0.717, 1.165) is 49.7 Å². The van der Waals surface area contributed by atoms with E-state index in [2.05, 4.69) is 22.1 Å². The Bertz CT molecular complexity index is 417. The quantitative estimate of drug-likeness (QED) is 0.891. The van der Waals surface area contributed by atoms with Crippen molar-refractivity contribution in [3.63, 3.8) is 0 Å². The Kier molecular flexibility index (Phi) is 4.10. The molecule has 1 aromatic heterocycles. The number of hydrogen-bond donors (Lipinski definition) is 1. The van der Waals surface area contributed by atoms with Gasteiger partial charge in [0.2, 0.25) is 5.89 Å². The van der Waals surface area contributed by atoms with Crippen LogP contribution in [0.4, 0.5) is 0 Å². The van der Waals surface area contributed by atoms with E-state index < -0.39 is 0 Å². The van der Waals surface area contributed by atoms with Gasteiger partial charge >= 0.3 is 0 Å². The summed E-state index contributed by atoms with van der Waals surface area (Å²) in [5.74, 6) is 4.36. The smallest absolute Gasteiger partial charge is 0.229 e. The van der Waals surface area contributed by atoms with Crippen LogP contribution in [0.1, 0.15) is 49.4 Å². The van der Waals surface area contributed by atoms with Crippen molar-refractivity contribution in [1.29, 1.82) is 0 Å². The van der Waals surface area contributed by atoms with Gasteiger partial charge in [-0.25, -0.2) is 0 Å². The van der Waals surface area contributed by atoms with Gasteiger partial charge in [0, 0.05) is 30.0 Å². The predicted octanol–water partition coefficient (Wildman–Crippen LogP) is 1.77. The number of rotatable bonds is 2. The fourth-order valence-corrected chi connectivity index (χ4v) is 4.08. The van der Waals surface area contributed by atoms with Crippen LogP contribution < -0.4 is 5.73 Å². The van der Waals surface area contributed by atoms with Crippen LogP contribution in [0, 0.1) is 0 Å². The van der Waals surface area contributed by atoms with Crippen molar-refractivity contribution in [2.45, 2.75) is 43.7 Å². The summed E-state index contributed by atoms with van der Waals surface area (Å²) in [5.41, 5.74) is 5.94. The van der Waals surface area contributed by atoms with Crippen LogP contribution in [-0.4, -0.2) is 46.2 Å². The van der Waals surface area contributed by atoms with Crippen LogP contribution in [0.2, 0.25) is 0 Å². The van der Waals surface area contributed by atoms with Gasteiger partial charge in [-0.3, -0.25) is 4.90 Å². The summed E-state index contributed by atoms with van der Waals surface area (Å²) in [4.78, 5) is 6.98. The Hall–Kier alpha value is -0.590. The first kappa shape index (κ1) is 13.4. The molecule has 2 aliphatic rings. The molecule has 1 aliphatic carbocycles. The third-order valence-corrected chi connectivity index (χ3v) is 5.30. The van der Waals surface area contributed by atoms with Gasteiger partial charge < -0.3 is 10.3 Å². The number of hydrogen-bond acceptors (Lipinski definition) is 6. The van der Waals surface area contributed by atoms with Gasteiger partial charge in [0.25, 0.3) is 0 Å². The van der Waals surface area contributed by atoms with E-state index in [0.29, 0.717) is 18.0 Å². The molecule has 0 spiro atoms. The summed E-state index contributed by atoms with van der Waals surface area (Å²) in [6.45, 7) is 1.09. The highest BCUT2D eigenvalue weighted by Gasteiger charge is 2.29. The molecule has 1 aromatic rings. The zero-order valence-electron chi connectivity index (χ0n) is 11.4. The van der Waals surface area contributed by atoms with E-state index in [4.69, 9.17) is 10.3 Å². The van der Waals surface area contributed by atoms with E-state index in [9.17, 15) is 0 Å². The Balaban J connectivity index is 1.68. The summed E-state index contributed by atoms with van der Waals surface area (Å²) in [6.07, 6.45) is 4.30.